The van der Waals surface area contributed by atoms with E-state index in [0.717, 1.165) is 45.0 Å². The summed E-state index contributed by atoms with van der Waals surface area (Å²) in [5.74, 6) is 2.20. The lowest BCUT2D eigenvalue weighted by molar-refractivity contribution is 0.848. The van der Waals surface area contributed by atoms with E-state index in [1.807, 2.05) is 97.1 Å². The lowest BCUT2D eigenvalue weighted by Crippen LogP contribution is -2.00. The molecule has 0 saturated heterocycles. The van der Waals surface area contributed by atoms with Crippen LogP contribution in [0.15, 0.2) is 133 Å². The van der Waals surface area contributed by atoms with Crippen LogP contribution >= 0.6 is 0 Å². The molecule has 0 radical (unpaired) electrons. The summed E-state index contributed by atoms with van der Waals surface area (Å²) in [6.45, 7) is 0. The number of benzene rings is 4. The van der Waals surface area contributed by atoms with Crippen molar-refractivity contribution < 1.29 is 0 Å². The first-order valence-corrected chi connectivity index (χ1v) is 14.0. The highest BCUT2D eigenvalue weighted by Crippen LogP contribution is 2.28. The van der Waals surface area contributed by atoms with Gasteiger partial charge in [-0.05, 0) is 12.1 Å². The SMILES string of the molecule is c1ccc(-c2cc(-c3ccccc3)n3nc(Cc4nc5nc(-c6ccccc6)cc(-c6ccccc6)n5n4)nc3n2)cc1. The van der Waals surface area contributed by atoms with Gasteiger partial charge in [-0.3, -0.25) is 0 Å². The van der Waals surface area contributed by atoms with Crippen molar-refractivity contribution in [1.29, 1.82) is 0 Å². The van der Waals surface area contributed by atoms with Crippen molar-refractivity contribution in [2.24, 2.45) is 0 Å². The lowest BCUT2D eigenvalue weighted by Gasteiger charge is -2.07. The number of nitrogens with zero attached hydrogens (tertiary/aromatic N) is 8. The van der Waals surface area contributed by atoms with Crippen molar-refractivity contribution in [3.05, 3.63) is 145 Å². The van der Waals surface area contributed by atoms with Gasteiger partial charge in [-0.15, -0.1) is 10.2 Å². The summed E-state index contributed by atoms with van der Waals surface area (Å²) in [5, 5.41) is 9.74. The lowest BCUT2D eigenvalue weighted by atomic mass is 10.1. The summed E-state index contributed by atoms with van der Waals surface area (Å²) in [7, 11) is 0. The van der Waals surface area contributed by atoms with Crippen molar-refractivity contribution in [1.82, 2.24) is 39.2 Å². The predicted octanol–water partition coefficient (Wildman–Crippen LogP) is 6.82. The van der Waals surface area contributed by atoms with Crippen LogP contribution in [0.1, 0.15) is 11.6 Å². The molecule has 0 amide bonds. The van der Waals surface area contributed by atoms with Gasteiger partial charge in [-0.1, -0.05) is 121 Å². The van der Waals surface area contributed by atoms with Crippen molar-refractivity contribution in [3.8, 4) is 45.0 Å². The van der Waals surface area contributed by atoms with Crippen LogP contribution in [0, 0.1) is 0 Å². The minimum absolute atomic E-state index is 0.330. The third-order valence-electron chi connectivity index (χ3n) is 7.31. The number of aromatic nitrogens is 8. The molecule has 0 N–H and O–H groups in total. The van der Waals surface area contributed by atoms with Crippen LogP contribution in [0.5, 0.6) is 0 Å². The highest BCUT2D eigenvalue weighted by molar-refractivity contribution is 5.71. The summed E-state index contributed by atoms with van der Waals surface area (Å²) in [6, 6.07) is 44.7. The van der Waals surface area contributed by atoms with E-state index < -0.39 is 0 Å². The maximum absolute atomic E-state index is 4.87. The van der Waals surface area contributed by atoms with Crippen molar-refractivity contribution in [2.75, 3.05) is 0 Å². The minimum atomic E-state index is 0.330. The molecule has 8 aromatic rings. The number of rotatable bonds is 6. The van der Waals surface area contributed by atoms with E-state index in [4.69, 9.17) is 30.1 Å². The monoisotopic (exact) mass is 556 g/mol. The van der Waals surface area contributed by atoms with Gasteiger partial charge in [0.15, 0.2) is 11.6 Å². The standard InChI is InChI=1S/C35H24N8/c1-5-13-24(14-6-1)28-21-30(26-17-9-3-10-18-26)42-34(36-28)38-32(40-42)23-33-39-35-37-29(25-15-7-2-8-16-25)22-31(43(35)41-33)27-19-11-4-12-20-27/h1-22H,23H2. The molecule has 0 atom stereocenters. The van der Waals surface area contributed by atoms with Crippen LogP contribution in [-0.4, -0.2) is 39.2 Å². The first kappa shape index (κ1) is 24.8. The molecular formula is C35H24N8. The van der Waals surface area contributed by atoms with Crippen LogP contribution in [-0.2, 0) is 6.42 Å². The molecule has 4 aromatic carbocycles. The molecule has 0 bridgehead atoms. The van der Waals surface area contributed by atoms with Gasteiger partial charge in [-0.25, -0.2) is 9.97 Å². The Kier molecular flexibility index (Phi) is 6.00. The summed E-state index contributed by atoms with van der Waals surface area (Å²) in [5.41, 5.74) is 7.58. The van der Waals surface area contributed by atoms with Gasteiger partial charge in [-0.2, -0.15) is 19.0 Å². The van der Waals surface area contributed by atoms with Crippen molar-refractivity contribution >= 4 is 11.6 Å². The summed E-state index contributed by atoms with van der Waals surface area (Å²) >= 11 is 0. The number of hydrogen-bond acceptors (Lipinski definition) is 6. The molecule has 8 nitrogen and oxygen atoms in total. The Hall–Kier alpha value is -6.02. The van der Waals surface area contributed by atoms with Gasteiger partial charge >= 0.3 is 0 Å². The molecule has 204 valence electrons. The molecule has 0 aliphatic heterocycles. The normalized spacial score (nSPS) is 11.3. The first-order chi connectivity index (χ1) is 21.3. The fourth-order valence-electron chi connectivity index (χ4n) is 5.25. The molecule has 0 aliphatic rings. The van der Waals surface area contributed by atoms with E-state index in [2.05, 4.69) is 36.4 Å². The molecule has 43 heavy (non-hydrogen) atoms. The molecular weight excluding hydrogens is 532 g/mol. The van der Waals surface area contributed by atoms with Gasteiger partial charge in [0.2, 0.25) is 0 Å². The highest BCUT2D eigenvalue weighted by Gasteiger charge is 2.18. The molecule has 4 heterocycles. The zero-order valence-corrected chi connectivity index (χ0v) is 23.0. The molecule has 0 saturated carbocycles. The maximum atomic E-state index is 4.87. The van der Waals surface area contributed by atoms with Crippen molar-refractivity contribution in [3.63, 3.8) is 0 Å². The molecule has 8 rings (SSSR count). The number of hydrogen-bond donors (Lipinski definition) is 0. The van der Waals surface area contributed by atoms with Crippen LogP contribution in [0.2, 0.25) is 0 Å². The van der Waals surface area contributed by atoms with E-state index in [-0.39, 0.29) is 0 Å². The fraction of sp³-hybridized carbons (Fsp3) is 0.0286. The summed E-state index contributed by atoms with van der Waals surface area (Å²) in [6.07, 6.45) is 0.330. The zero-order chi connectivity index (χ0) is 28.6. The zero-order valence-electron chi connectivity index (χ0n) is 23.0. The molecule has 4 aromatic heterocycles. The van der Waals surface area contributed by atoms with Gasteiger partial charge < -0.3 is 0 Å². The molecule has 0 fully saturated rings. The smallest absolute Gasteiger partial charge is 0.211 e. The van der Waals surface area contributed by atoms with Gasteiger partial charge in [0.05, 0.1) is 29.2 Å². The second kappa shape index (κ2) is 10.4. The Bertz CT molecular complexity index is 2030. The van der Waals surface area contributed by atoms with Gasteiger partial charge in [0.1, 0.15) is 0 Å². The number of fused-ring (bicyclic) bond motifs is 2. The Balaban J connectivity index is 1.24. The minimum Gasteiger partial charge on any atom is -0.211 e. The summed E-state index contributed by atoms with van der Waals surface area (Å²) < 4.78 is 3.60. The largest absolute Gasteiger partial charge is 0.253 e. The van der Waals surface area contributed by atoms with Crippen molar-refractivity contribution in [2.45, 2.75) is 6.42 Å². The third kappa shape index (κ3) is 4.70. The molecule has 8 heteroatoms. The van der Waals surface area contributed by atoms with Crippen LogP contribution in [0.3, 0.4) is 0 Å². The second-order valence-electron chi connectivity index (χ2n) is 10.2. The Morgan fingerprint density at radius 1 is 0.395 bits per heavy atom. The van der Waals surface area contributed by atoms with E-state index in [1.165, 1.54) is 0 Å². The van der Waals surface area contributed by atoms with Crippen LogP contribution in [0.4, 0.5) is 0 Å². The molecule has 0 aliphatic carbocycles. The Morgan fingerprint density at radius 2 is 0.744 bits per heavy atom. The van der Waals surface area contributed by atoms with E-state index >= 15 is 0 Å². The predicted molar refractivity (Wildman–Crippen MR) is 166 cm³/mol. The molecule has 0 unspecified atom stereocenters. The Morgan fingerprint density at radius 3 is 1.12 bits per heavy atom. The Labute approximate surface area is 247 Å². The summed E-state index contributed by atoms with van der Waals surface area (Å²) in [4.78, 5) is 19.4. The van der Waals surface area contributed by atoms with E-state index in [0.29, 0.717) is 29.6 Å². The highest BCUT2D eigenvalue weighted by atomic mass is 15.4. The van der Waals surface area contributed by atoms with Crippen LogP contribution < -0.4 is 0 Å². The quantitative estimate of drug-likeness (QED) is 0.223. The van der Waals surface area contributed by atoms with E-state index in [9.17, 15) is 0 Å². The van der Waals surface area contributed by atoms with Crippen LogP contribution in [0.25, 0.3) is 56.6 Å². The topological polar surface area (TPSA) is 86.2 Å². The average molecular weight is 557 g/mol. The average Bonchev–Trinajstić information content (AvgIpc) is 3.68. The third-order valence-corrected chi connectivity index (χ3v) is 7.31. The maximum Gasteiger partial charge on any atom is 0.253 e. The van der Waals surface area contributed by atoms with Gasteiger partial charge in [0.25, 0.3) is 11.6 Å². The fourth-order valence-corrected chi connectivity index (χ4v) is 5.25. The molecule has 0 spiro atoms. The first-order valence-electron chi connectivity index (χ1n) is 14.0. The second-order valence-corrected chi connectivity index (χ2v) is 10.2. The van der Waals surface area contributed by atoms with Gasteiger partial charge in [0, 0.05) is 22.3 Å². The van der Waals surface area contributed by atoms with E-state index in [1.54, 1.807) is 9.03 Å².